The summed E-state index contributed by atoms with van der Waals surface area (Å²) in [5.41, 5.74) is 1.78. The Bertz CT molecular complexity index is 902. The van der Waals surface area contributed by atoms with E-state index in [2.05, 4.69) is 9.62 Å². The summed E-state index contributed by atoms with van der Waals surface area (Å²) in [6.45, 7) is 7.97. The number of piperidine rings is 1. The van der Waals surface area contributed by atoms with Crippen molar-refractivity contribution in [1.29, 1.82) is 0 Å². The van der Waals surface area contributed by atoms with E-state index < -0.39 is 10.0 Å². The monoisotopic (exact) mass is 436 g/mol. The Morgan fingerprint density at radius 1 is 0.933 bits per heavy atom. The molecular weight excluding hydrogens is 404 g/mol. The van der Waals surface area contributed by atoms with E-state index in [1.807, 2.05) is 11.8 Å². The Balaban J connectivity index is 1.63. The minimum absolute atomic E-state index is 0.138. The van der Waals surface area contributed by atoms with E-state index in [-0.39, 0.29) is 16.7 Å². The zero-order valence-corrected chi connectivity index (χ0v) is 18.9. The first-order valence-electron chi connectivity index (χ1n) is 10.6. The number of amides is 2. The van der Waals surface area contributed by atoms with Gasteiger partial charge in [-0.1, -0.05) is 0 Å². The predicted octanol–water partition coefficient (Wildman–Crippen LogP) is 0.982. The Hall–Kier alpha value is -1.97. The van der Waals surface area contributed by atoms with Crippen molar-refractivity contribution in [3.63, 3.8) is 0 Å². The molecule has 8 nitrogen and oxygen atoms in total. The first kappa shape index (κ1) is 22.7. The summed E-state index contributed by atoms with van der Waals surface area (Å²) in [7, 11) is -2.28. The SMILES string of the molecule is CNS(=O)(=O)c1cc(C(=O)N2CCN(CC(=O)N3CCCCC3)CC2)cc(C)c1C. The van der Waals surface area contributed by atoms with Crippen LogP contribution in [-0.4, -0.2) is 87.8 Å². The van der Waals surface area contributed by atoms with E-state index in [4.69, 9.17) is 0 Å². The summed E-state index contributed by atoms with van der Waals surface area (Å²) < 4.78 is 27.0. The van der Waals surface area contributed by atoms with Gasteiger partial charge in [-0.2, -0.15) is 0 Å². The Morgan fingerprint density at radius 2 is 1.57 bits per heavy atom. The van der Waals surface area contributed by atoms with E-state index in [9.17, 15) is 18.0 Å². The second kappa shape index (κ2) is 9.45. The molecule has 0 unspecified atom stereocenters. The highest BCUT2D eigenvalue weighted by Gasteiger charge is 2.27. The van der Waals surface area contributed by atoms with Crippen molar-refractivity contribution in [3.8, 4) is 0 Å². The maximum Gasteiger partial charge on any atom is 0.253 e. The standard InChI is InChI=1S/C21H32N4O4S/c1-16-13-18(14-19(17(16)2)30(28,29)22-3)21(27)25-11-9-23(10-12-25)15-20(26)24-7-5-4-6-8-24/h13-14,22H,4-12,15H2,1-3H3. The number of piperazine rings is 1. The molecule has 1 aromatic rings. The third-order valence-corrected chi connectivity index (χ3v) is 7.69. The van der Waals surface area contributed by atoms with Crippen LogP contribution in [0.25, 0.3) is 0 Å². The summed E-state index contributed by atoms with van der Waals surface area (Å²) in [5.74, 6) is -0.00166. The molecule has 2 heterocycles. The summed E-state index contributed by atoms with van der Waals surface area (Å²) >= 11 is 0. The lowest BCUT2D eigenvalue weighted by molar-refractivity contribution is -0.133. The van der Waals surface area contributed by atoms with E-state index in [0.717, 1.165) is 31.5 Å². The molecule has 0 atom stereocenters. The van der Waals surface area contributed by atoms with E-state index in [0.29, 0.717) is 43.9 Å². The lowest BCUT2D eigenvalue weighted by atomic mass is 10.0. The number of nitrogens with one attached hydrogen (secondary N) is 1. The summed E-state index contributed by atoms with van der Waals surface area (Å²) in [4.78, 5) is 31.4. The molecule has 3 rings (SSSR count). The molecule has 0 aromatic heterocycles. The van der Waals surface area contributed by atoms with Crippen LogP contribution >= 0.6 is 0 Å². The van der Waals surface area contributed by atoms with Crippen LogP contribution in [0, 0.1) is 13.8 Å². The number of aryl methyl sites for hydroxylation is 1. The molecule has 0 spiro atoms. The molecule has 0 aliphatic carbocycles. The van der Waals surface area contributed by atoms with Crippen molar-refractivity contribution in [2.24, 2.45) is 0 Å². The highest BCUT2D eigenvalue weighted by Crippen LogP contribution is 2.22. The molecule has 0 saturated carbocycles. The van der Waals surface area contributed by atoms with Crippen LogP contribution in [0.1, 0.15) is 40.7 Å². The molecule has 30 heavy (non-hydrogen) atoms. The topological polar surface area (TPSA) is 90.0 Å². The molecule has 2 aliphatic heterocycles. The average Bonchev–Trinajstić information content (AvgIpc) is 2.76. The van der Waals surface area contributed by atoms with Crippen LogP contribution in [0.5, 0.6) is 0 Å². The lowest BCUT2D eigenvalue weighted by Crippen LogP contribution is -2.52. The van der Waals surface area contributed by atoms with Crippen molar-refractivity contribution in [2.75, 3.05) is 52.9 Å². The van der Waals surface area contributed by atoms with Crippen LogP contribution in [0.3, 0.4) is 0 Å². The Kier molecular flexibility index (Phi) is 7.15. The van der Waals surface area contributed by atoms with Gasteiger partial charge in [-0.25, -0.2) is 13.1 Å². The van der Waals surface area contributed by atoms with Gasteiger partial charge in [-0.3, -0.25) is 14.5 Å². The maximum atomic E-state index is 13.0. The molecule has 2 fully saturated rings. The minimum atomic E-state index is -3.64. The number of sulfonamides is 1. The molecular formula is C21H32N4O4S. The number of hydrogen-bond donors (Lipinski definition) is 1. The van der Waals surface area contributed by atoms with Gasteiger partial charge in [0.25, 0.3) is 5.91 Å². The fraction of sp³-hybridized carbons (Fsp3) is 0.619. The number of carbonyl (C=O) groups excluding carboxylic acids is 2. The van der Waals surface area contributed by atoms with E-state index >= 15 is 0 Å². The predicted molar refractivity (Wildman–Crippen MR) is 115 cm³/mol. The quantitative estimate of drug-likeness (QED) is 0.743. The summed E-state index contributed by atoms with van der Waals surface area (Å²) in [5, 5.41) is 0. The van der Waals surface area contributed by atoms with Crippen LogP contribution in [-0.2, 0) is 14.8 Å². The third-order valence-electron chi connectivity index (χ3n) is 6.15. The first-order chi connectivity index (χ1) is 14.2. The maximum absolute atomic E-state index is 13.0. The van der Waals surface area contributed by atoms with Crippen molar-refractivity contribution >= 4 is 21.8 Å². The van der Waals surface area contributed by atoms with Gasteiger partial charge in [-0.15, -0.1) is 0 Å². The third kappa shape index (κ3) is 5.01. The molecule has 0 radical (unpaired) electrons. The van der Waals surface area contributed by atoms with Gasteiger partial charge in [0.05, 0.1) is 11.4 Å². The van der Waals surface area contributed by atoms with Crippen LogP contribution < -0.4 is 4.72 Å². The largest absolute Gasteiger partial charge is 0.342 e. The van der Waals surface area contributed by atoms with Crippen molar-refractivity contribution in [1.82, 2.24) is 19.4 Å². The number of rotatable bonds is 5. The molecule has 9 heteroatoms. The molecule has 2 amide bonds. The number of benzene rings is 1. The molecule has 2 aliphatic rings. The van der Waals surface area contributed by atoms with Crippen molar-refractivity contribution < 1.29 is 18.0 Å². The van der Waals surface area contributed by atoms with Gasteiger partial charge in [-0.05, 0) is 63.4 Å². The van der Waals surface area contributed by atoms with Crippen LogP contribution in [0.4, 0.5) is 0 Å². The van der Waals surface area contributed by atoms with Crippen molar-refractivity contribution in [3.05, 3.63) is 28.8 Å². The number of carbonyl (C=O) groups is 2. The van der Waals surface area contributed by atoms with Gasteiger partial charge in [0, 0.05) is 44.8 Å². The smallest absolute Gasteiger partial charge is 0.253 e. The second-order valence-corrected chi connectivity index (χ2v) is 9.99. The summed E-state index contributed by atoms with van der Waals surface area (Å²) in [6.07, 6.45) is 3.35. The number of nitrogens with zero attached hydrogens (tertiary/aromatic N) is 3. The van der Waals surface area contributed by atoms with Gasteiger partial charge < -0.3 is 9.80 Å². The first-order valence-corrected chi connectivity index (χ1v) is 12.1. The zero-order chi connectivity index (χ0) is 21.9. The van der Waals surface area contributed by atoms with E-state index in [1.54, 1.807) is 17.9 Å². The molecule has 0 bridgehead atoms. The Morgan fingerprint density at radius 3 is 2.17 bits per heavy atom. The second-order valence-electron chi connectivity index (χ2n) is 8.13. The van der Waals surface area contributed by atoms with Gasteiger partial charge >= 0.3 is 0 Å². The molecule has 2 saturated heterocycles. The van der Waals surface area contributed by atoms with Gasteiger partial charge in [0.1, 0.15) is 0 Å². The van der Waals surface area contributed by atoms with Crippen LogP contribution in [0.15, 0.2) is 17.0 Å². The van der Waals surface area contributed by atoms with Crippen LogP contribution in [0.2, 0.25) is 0 Å². The highest BCUT2D eigenvalue weighted by atomic mass is 32.2. The number of hydrogen-bond acceptors (Lipinski definition) is 5. The fourth-order valence-corrected chi connectivity index (χ4v) is 5.13. The highest BCUT2D eigenvalue weighted by molar-refractivity contribution is 7.89. The fourth-order valence-electron chi connectivity index (χ4n) is 4.07. The zero-order valence-electron chi connectivity index (χ0n) is 18.1. The van der Waals surface area contributed by atoms with Gasteiger partial charge in [0.15, 0.2) is 0 Å². The summed E-state index contributed by atoms with van der Waals surface area (Å²) in [6, 6.07) is 3.21. The lowest BCUT2D eigenvalue weighted by Gasteiger charge is -2.36. The average molecular weight is 437 g/mol. The molecule has 1 N–H and O–H groups in total. The molecule has 1 aromatic carbocycles. The minimum Gasteiger partial charge on any atom is -0.342 e. The van der Waals surface area contributed by atoms with Gasteiger partial charge in [0.2, 0.25) is 15.9 Å². The Labute approximate surface area is 179 Å². The number of likely N-dealkylation sites (tertiary alicyclic amines) is 1. The normalized spacial score (nSPS) is 18.5. The van der Waals surface area contributed by atoms with Crippen molar-refractivity contribution in [2.45, 2.75) is 38.0 Å². The van der Waals surface area contributed by atoms with E-state index in [1.165, 1.54) is 19.5 Å². The molecule has 166 valence electrons.